The van der Waals surface area contributed by atoms with Crippen LogP contribution in [0.25, 0.3) is 16.6 Å². The first-order chi connectivity index (χ1) is 17.9. The Hall–Kier alpha value is -3.67. The van der Waals surface area contributed by atoms with E-state index in [1.807, 2.05) is 13.8 Å². The molecule has 200 valence electrons. The molecule has 12 heteroatoms. The van der Waals surface area contributed by atoms with Crippen LogP contribution in [0.1, 0.15) is 20.3 Å². The molecular weight excluding hydrogens is 521 g/mol. The fourth-order valence-electron chi connectivity index (χ4n) is 5.12. The van der Waals surface area contributed by atoms with E-state index in [2.05, 4.69) is 14.7 Å². The van der Waals surface area contributed by atoms with Crippen LogP contribution in [-0.2, 0) is 14.8 Å². The van der Waals surface area contributed by atoms with E-state index in [4.69, 9.17) is 4.74 Å². The summed E-state index contributed by atoms with van der Waals surface area (Å²) in [5.74, 6) is -2.34. The van der Waals surface area contributed by atoms with Crippen LogP contribution in [0.15, 0.2) is 75.9 Å². The van der Waals surface area contributed by atoms with Crippen LogP contribution in [0.3, 0.4) is 0 Å². The van der Waals surface area contributed by atoms with Gasteiger partial charge < -0.3 is 4.74 Å². The van der Waals surface area contributed by atoms with Crippen molar-refractivity contribution in [2.24, 2.45) is 23.7 Å². The van der Waals surface area contributed by atoms with E-state index in [1.54, 1.807) is 12.1 Å². The molecule has 5 rings (SSSR count). The highest BCUT2D eigenvalue weighted by molar-refractivity contribution is 7.92. The number of hydrogen-bond acceptors (Lipinski definition) is 6. The number of ether oxygens (including phenoxy) is 1. The molecule has 3 aromatic rings. The molecule has 0 saturated heterocycles. The molecule has 0 aliphatic heterocycles. The maximum Gasteiger partial charge on any atom is 0.392 e. The Morgan fingerprint density at radius 1 is 1.08 bits per heavy atom. The number of nitrogens with one attached hydrogen (secondary N) is 1. The second-order valence-corrected chi connectivity index (χ2v) is 11.3. The first-order valence-electron chi connectivity index (χ1n) is 11.9. The maximum atomic E-state index is 13.3. The second-order valence-electron chi connectivity index (χ2n) is 9.57. The van der Waals surface area contributed by atoms with Crippen molar-refractivity contribution in [3.8, 4) is 0 Å². The van der Waals surface area contributed by atoms with Gasteiger partial charge in [-0.1, -0.05) is 19.4 Å². The molecule has 0 amide bonds. The molecule has 2 aromatic heterocycles. The number of sulfonamides is 1. The van der Waals surface area contributed by atoms with Crippen LogP contribution in [0.4, 0.5) is 19.1 Å². The van der Waals surface area contributed by atoms with Gasteiger partial charge in [0.05, 0.1) is 29.1 Å². The van der Waals surface area contributed by atoms with Crippen molar-refractivity contribution in [1.82, 2.24) is 14.5 Å². The van der Waals surface area contributed by atoms with E-state index in [0.29, 0.717) is 27.9 Å². The summed E-state index contributed by atoms with van der Waals surface area (Å²) in [6, 6.07) is 8.72. The van der Waals surface area contributed by atoms with Crippen LogP contribution >= 0.6 is 0 Å². The molecular formula is C26H25F3N4O4S. The van der Waals surface area contributed by atoms with Crippen LogP contribution in [0, 0.1) is 23.7 Å². The number of allylic oxidation sites excluding steroid dienone is 3. The largest absolute Gasteiger partial charge is 0.495 e. The lowest BCUT2D eigenvalue weighted by Gasteiger charge is -2.33. The van der Waals surface area contributed by atoms with Gasteiger partial charge in [0.1, 0.15) is 5.76 Å². The van der Waals surface area contributed by atoms with Crippen LogP contribution in [0.2, 0.25) is 0 Å². The smallest absolute Gasteiger partial charge is 0.392 e. The Bertz CT molecular complexity index is 1630. The molecule has 1 N–H and O–H groups in total. The lowest BCUT2D eigenvalue weighted by molar-refractivity contribution is -0.150. The summed E-state index contributed by atoms with van der Waals surface area (Å²) < 4.78 is 75.1. The summed E-state index contributed by atoms with van der Waals surface area (Å²) in [4.78, 5) is 20.8. The van der Waals surface area contributed by atoms with Gasteiger partial charge in [0, 0.05) is 29.8 Å². The van der Waals surface area contributed by atoms with E-state index in [9.17, 15) is 26.4 Å². The molecule has 0 spiro atoms. The number of alkyl halides is 3. The van der Waals surface area contributed by atoms with Gasteiger partial charge in [-0.05, 0) is 54.7 Å². The number of halogens is 3. The van der Waals surface area contributed by atoms with E-state index >= 15 is 0 Å². The summed E-state index contributed by atoms with van der Waals surface area (Å²) in [5, 5.41) is 0.471. The Morgan fingerprint density at radius 3 is 2.42 bits per heavy atom. The number of rotatable bonds is 6. The highest BCUT2D eigenvalue weighted by Crippen LogP contribution is 2.57. The monoisotopic (exact) mass is 546 g/mol. The summed E-state index contributed by atoms with van der Waals surface area (Å²) >= 11 is 0. The quantitative estimate of drug-likeness (QED) is 0.476. The Labute approximate surface area is 216 Å². The van der Waals surface area contributed by atoms with Crippen molar-refractivity contribution in [2.75, 3.05) is 11.8 Å². The van der Waals surface area contributed by atoms with Crippen molar-refractivity contribution >= 4 is 32.6 Å². The molecule has 1 aromatic carbocycles. The first kappa shape index (κ1) is 26.0. The lowest BCUT2D eigenvalue weighted by atomic mass is 9.79. The average molecular weight is 547 g/mol. The molecule has 0 radical (unpaired) electrons. The summed E-state index contributed by atoms with van der Waals surface area (Å²) in [6.07, 6.45) is 0.238. The Morgan fingerprint density at radius 2 is 1.79 bits per heavy atom. The van der Waals surface area contributed by atoms with Gasteiger partial charge in [-0.3, -0.25) is 9.36 Å². The van der Waals surface area contributed by atoms with Gasteiger partial charge in [-0.2, -0.15) is 13.2 Å². The SMILES string of the molecule is COC1=C(n2c(=O)ccc3cc(S(=O)(=O)Nc4ncccn4)ccc32)C(C)C(C)C([C@@H]2C[C@H]2C(F)(F)F)=C1. The van der Waals surface area contributed by atoms with Gasteiger partial charge in [0.15, 0.2) is 0 Å². The van der Waals surface area contributed by atoms with Crippen LogP contribution in [0.5, 0.6) is 0 Å². The molecule has 38 heavy (non-hydrogen) atoms. The molecule has 1 saturated carbocycles. The zero-order chi connectivity index (χ0) is 27.4. The number of aromatic nitrogens is 3. The molecule has 8 nitrogen and oxygen atoms in total. The van der Waals surface area contributed by atoms with Crippen molar-refractivity contribution < 1.29 is 26.3 Å². The van der Waals surface area contributed by atoms with Gasteiger partial charge >= 0.3 is 6.18 Å². The minimum Gasteiger partial charge on any atom is -0.495 e. The van der Waals surface area contributed by atoms with Gasteiger partial charge in [-0.25, -0.2) is 23.1 Å². The zero-order valence-corrected chi connectivity index (χ0v) is 21.5. The number of benzene rings is 1. The molecule has 4 atom stereocenters. The maximum absolute atomic E-state index is 13.3. The predicted octanol–water partition coefficient (Wildman–Crippen LogP) is 4.82. The highest BCUT2D eigenvalue weighted by Gasteiger charge is 2.58. The topological polar surface area (TPSA) is 103 Å². The van der Waals surface area contributed by atoms with Crippen LogP contribution < -0.4 is 10.3 Å². The standard InChI is InChI=1S/C26H25F3N4O4S/c1-14-15(2)24(22(37-3)13-18(14)19-12-20(19)26(27,28)29)33-21-7-6-17(11-16(21)5-8-23(33)34)38(35,36)32-25-30-9-4-10-31-25/h4-11,13-15,19-20H,12H2,1-3H3,(H,30,31,32)/t14?,15?,19-,20+/m0/s1. The zero-order valence-electron chi connectivity index (χ0n) is 20.7. The Kier molecular flexibility index (Phi) is 6.33. The number of hydrogen-bond donors (Lipinski definition) is 1. The number of fused-ring (bicyclic) bond motifs is 1. The fraction of sp³-hybridized carbons (Fsp3) is 0.346. The van der Waals surface area contributed by atoms with Crippen LogP contribution in [-0.4, -0.2) is 36.2 Å². The number of methoxy groups -OCH3 is 1. The van der Waals surface area contributed by atoms with Gasteiger partial charge in [-0.15, -0.1) is 0 Å². The third-order valence-corrected chi connectivity index (χ3v) is 8.65. The molecule has 1 fully saturated rings. The summed E-state index contributed by atoms with van der Waals surface area (Å²) in [7, 11) is -2.60. The molecule has 2 aliphatic rings. The number of nitrogens with zero attached hydrogens (tertiary/aromatic N) is 3. The minimum atomic E-state index is -4.25. The summed E-state index contributed by atoms with van der Waals surface area (Å²) in [5.41, 5.74) is 1.24. The van der Waals surface area contributed by atoms with Crippen molar-refractivity contribution in [2.45, 2.75) is 31.3 Å². The molecule has 2 unspecified atom stereocenters. The second kappa shape index (κ2) is 9.26. The fourth-order valence-corrected chi connectivity index (χ4v) is 6.12. The third kappa shape index (κ3) is 4.57. The Balaban J connectivity index is 1.59. The first-order valence-corrected chi connectivity index (χ1v) is 13.4. The van der Waals surface area contributed by atoms with Gasteiger partial charge in [0.25, 0.3) is 15.6 Å². The van der Waals surface area contributed by atoms with E-state index in [0.717, 1.165) is 0 Å². The normalized spacial score (nSPS) is 23.8. The van der Waals surface area contributed by atoms with Gasteiger partial charge in [0.2, 0.25) is 5.95 Å². The number of anilines is 1. The van der Waals surface area contributed by atoms with Crippen molar-refractivity contribution in [3.63, 3.8) is 0 Å². The predicted molar refractivity (Wildman–Crippen MR) is 135 cm³/mol. The van der Waals surface area contributed by atoms with Crippen molar-refractivity contribution in [3.05, 3.63) is 76.6 Å². The van der Waals surface area contributed by atoms with Crippen molar-refractivity contribution in [1.29, 1.82) is 0 Å². The molecule has 2 aliphatic carbocycles. The minimum absolute atomic E-state index is 0.0479. The average Bonchev–Trinajstić information content (AvgIpc) is 3.68. The highest BCUT2D eigenvalue weighted by atomic mass is 32.2. The third-order valence-electron chi connectivity index (χ3n) is 7.32. The molecule has 0 bridgehead atoms. The molecule has 2 heterocycles. The lowest BCUT2D eigenvalue weighted by Crippen LogP contribution is -2.29. The van der Waals surface area contributed by atoms with E-state index in [-0.39, 0.29) is 34.7 Å². The van der Waals surface area contributed by atoms with E-state index < -0.39 is 28.0 Å². The number of pyridine rings is 1. The summed E-state index contributed by atoms with van der Waals surface area (Å²) in [6.45, 7) is 3.71. The van der Waals surface area contributed by atoms with E-state index in [1.165, 1.54) is 54.4 Å².